The summed E-state index contributed by atoms with van der Waals surface area (Å²) in [5.41, 5.74) is 1.76. The number of nitrogens with zero attached hydrogens (tertiary/aromatic N) is 1. The number of aromatic nitrogens is 1. The summed E-state index contributed by atoms with van der Waals surface area (Å²) in [4.78, 5) is 28.6. The van der Waals surface area contributed by atoms with E-state index in [1.807, 2.05) is 0 Å². The van der Waals surface area contributed by atoms with Gasteiger partial charge in [-0.1, -0.05) is 32.1 Å². The first kappa shape index (κ1) is 23.5. The van der Waals surface area contributed by atoms with E-state index in [0.717, 1.165) is 18.5 Å². The zero-order valence-electron chi connectivity index (χ0n) is 18.9. The predicted molar refractivity (Wildman–Crippen MR) is 127 cm³/mol. The van der Waals surface area contributed by atoms with E-state index in [1.165, 1.54) is 43.5 Å². The molecule has 2 aromatic carbocycles. The van der Waals surface area contributed by atoms with E-state index in [0.29, 0.717) is 36.5 Å². The van der Waals surface area contributed by atoms with Gasteiger partial charge in [0.25, 0.3) is 6.01 Å². The number of hydrogen-bond acceptors (Lipinski definition) is 6. The third-order valence-electron chi connectivity index (χ3n) is 6.14. The van der Waals surface area contributed by atoms with Gasteiger partial charge in [0.15, 0.2) is 5.58 Å². The maximum Gasteiger partial charge on any atom is 0.335 e. The van der Waals surface area contributed by atoms with Crippen molar-refractivity contribution in [1.82, 2.24) is 10.3 Å². The highest BCUT2D eigenvalue weighted by molar-refractivity contribution is 5.92. The fourth-order valence-electron chi connectivity index (χ4n) is 4.34. The molecule has 0 spiro atoms. The number of carboxylic acid groups (broad SMARTS) is 1. The average Bonchev–Trinajstić information content (AvgIpc) is 3.24. The molecule has 1 aliphatic carbocycles. The third-order valence-corrected chi connectivity index (χ3v) is 6.14. The van der Waals surface area contributed by atoms with Crippen LogP contribution < -0.4 is 16.0 Å². The van der Waals surface area contributed by atoms with Crippen LogP contribution in [0.25, 0.3) is 11.1 Å². The number of benzene rings is 2. The summed E-state index contributed by atoms with van der Waals surface area (Å²) < 4.78 is 18.7. The van der Waals surface area contributed by atoms with Crippen molar-refractivity contribution in [3.8, 4) is 0 Å². The quantitative estimate of drug-likeness (QED) is 0.320. The lowest BCUT2D eigenvalue weighted by atomic mass is 9.84. The molecule has 1 aliphatic rings. The van der Waals surface area contributed by atoms with Crippen LogP contribution in [0.5, 0.6) is 0 Å². The van der Waals surface area contributed by atoms with Crippen LogP contribution in [0.4, 0.5) is 16.1 Å². The molecule has 4 N–H and O–H groups in total. The molecule has 0 bridgehead atoms. The number of fused-ring (bicyclic) bond motifs is 1. The van der Waals surface area contributed by atoms with E-state index in [1.54, 1.807) is 18.2 Å². The minimum Gasteiger partial charge on any atom is -0.478 e. The molecule has 9 heteroatoms. The Hall–Kier alpha value is -3.62. The summed E-state index contributed by atoms with van der Waals surface area (Å²) in [6, 6.07) is 10.2. The second-order valence-electron chi connectivity index (χ2n) is 8.67. The molecular weight excluding hydrogens is 439 g/mol. The van der Waals surface area contributed by atoms with Crippen LogP contribution in [0, 0.1) is 11.7 Å². The number of rotatable bonds is 10. The molecule has 4 rings (SSSR count). The number of oxazole rings is 1. The molecule has 1 atom stereocenters. The minimum atomic E-state index is -1.04. The maximum atomic E-state index is 13.0. The van der Waals surface area contributed by atoms with Crippen molar-refractivity contribution in [1.29, 1.82) is 0 Å². The van der Waals surface area contributed by atoms with Gasteiger partial charge in [0, 0.05) is 18.8 Å². The molecule has 0 radical (unpaired) electrons. The highest BCUT2D eigenvalue weighted by atomic mass is 19.1. The van der Waals surface area contributed by atoms with Crippen molar-refractivity contribution < 1.29 is 23.5 Å². The molecule has 1 saturated carbocycles. The second kappa shape index (κ2) is 11.0. The SMILES string of the molecule is O=C(O)c1ccc2nc(N[C@@H](CC3CCCCC3)C(=O)NCCNc3ccc(F)cc3)oc2c1. The number of nitrogens with one attached hydrogen (secondary N) is 3. The Morgan fingerprint density at radius 2 is 1.85 bits per heavy atom. The number of amides is 1. The summed E-state index contributed by atoms with van der Waals surface area (Å²) in [6.45, 7) is 0.892. The first-order chi connectivity index (χ1) is 16.5. The third kappa shape index (κ3) is 6.24. The second-order valence-corrected chi connectivity index (χ2v) is 8.67. The van der Waals surface area contributed by atoms with Crippen molar-refractivity contribution in [3.05, 3.63) is 53.8 Å². The van der Waals surface area contributed by atoms with Gasteiger partial charge < -0.3 is 25.5 Å². The fraction of sp³-hybridized carbons (Fsp3) is 0.400. The summed E-state index contributed by atoms with van der Waals surface area (Å²) in [7, 11) is 0. The van der Waals surface area contributed by atoms with Crippen LogP contribution in [0.3, 0.4) is 0 Å². The molecule has 0 saturated heterocycles. The van der Waals surface area contributed by atoms with Gasteiger partial charge in [-0.3, -0.25) is 4.79 Å². The van der Waals surface area contributed by atoms with Crippen LogP contribution in [0.1, 0.15) is 48.9 Å². The molecule has 34 heavy (non-hydrogen) atoms. The molecule has 1 amide bonds. The zero-order valence-corrected chi connectivity index (χ0v) is 18.9. The van der Waals surface area contributed by atoms with E-state index >= 15 is 0 Å². The van der Waals surface area contributed by atoms with Gasteiger partial charge in [-0.25, -0.2) is 9.18 Å². The molecular formula is C25H29FN4O4. The van der Waals surface area contributed by atoms with Crippen molar-refractivity contribution >= 4 is 34.7 Å². The van der Waals surface area contributed by atoms with Crippen molar-refractivity contribution in [2.45, 2.75) is 44.6 Å². The first-order valence-electron chi connectivity index (χ1n) is 11.7. The lowest BCUT2D eigenvalue weighted by Gasteiger charge is -2.26. The standard InChI is InChI=1S/C25H29FN4O4/c26-18-7-9-19(10-8-18)27-12-13-28-23(31)21(14-16-4-2-1-3-5-16)30-25-29-20-11-6-17(24(32)33)15-22(20)34-25/h6-11,15-16,21,27H,1-5,12-14H2,(H,28,31)(H,29,30)(H,32,33)/t21-/m0/s1. The Bertz CT molecular complexity index is 1130. The Morgan fingerprint density at radius 3 is 2.59 bits per heavy atom. The summed E-state index contributed by atoms with van der Waals surface area (Å²) in [6.07, 6.45) is 6.41. The lowest BCUT2D eigenvalue weighted by molar-refractivity contribution is -0.122. The summed E-state index contributed by atoms with van der Waals surface area (Å²) in [5, 5.41) is 18.4. The monoisotopic (exact) mass is 468 g/mol. The number of carboxylic acids is 1. The first-order valence-corrected chi connectivity index (χ1v) is 11.7. The van der Waals surface area contributed by atoms with Crippen molar-refractivity contribution in [2.75, 3.05) is 23.7 Å². The van der Waals surface area contributed by atoms with E-state index in [9.17, 15) is 19.1 Å². The van der Waals surface area contributed by atoms with Gasteiger partial charge in [0.1, 0.15) is 17.4 Å². The highest BCUT2D eigenvalue weighted by Gasteiger charge is 2.26. The molecule has 1 fully saturated rings. The smallest absolute Gasteiger partial charge is 0.335 e. The number of carbonyl (C=O) groups is 2. The number of aromatic carboxylic acids is 1. The fourth-order valence-corrected chi connectivity index (χ4v) is 4.34. The lowest BCUT2D eigenvalue weighted by Crippen LogP contribution is -2.42. The van der Waals surface area contributed by atoms with Crippen molar-refractivity contribution in [3.63, 3.8) is 0 Å². The van der Waals surface area contributed by atoms with E-state index < -0.39 is 12.0 Å². The van der Waals surface area contributed by atoms with Crippen LogP contribution in [0.2, 0.25) is 0 Å². The number of anilines is 2. The van der Waals surface area contributed by atoms with Gasteiger partial charge in [-0.15, -0.1) is 0 Å². The number of halogens is 1. The largest absolute Gasteiger partial charge is 0.478 e. The average molecular weight is 469 g/mol. The molecule has 180 valence electrons. The Labute approximate surface area is 196 Å². The molecule has 0 unspecified atom stereocenters. The molecule has 3 aromatic rings. The van der Waals surface area contributed by atoms with Gasteiger partial charge in [0.05, 0.1) is 5.56 Å². The minimum absolute atomic E-state index is 0.111. The number of carbonyl (C=O) groups excluding carboxylic acids is 1. The predicted octanol–water partition coefficient (Wildman–Crippen LogP) is 4.64. The van der Waals surface area contributed by atoms with Crippen molar-refractivity contribution in [2.24, 2.45) is 5.92 Å². The summed E-state index contributed by atoms with van der Waals surface area (Å²) >= 11 is 0. The van der Waals surface area contributed by atoms with Crippen LogP contribution >= 0.6 is 0 Å². The molecule has 0 aliphatic heterocycles. The van der Waals surface area contributed by atoms with Crippen LogP contribution in [0.15, 0.2) is 46.9 Å². The zero-order chi connectivity index (χ0) is 23.9. The Balaban J connectivity index is 1.39. The van der Waals surface area contributed by atoms with Gasteiger partial charge in [-0.2, -0.15) is 4.98 Å². The van der Waals surface area contributed by atoms with E-state index in [2.05, 4.69) is 20.9 Å². The van der Waals surface area contributed by atoms with Gasteiger partial charge in [-0.05, 0) is 54.8 Å². The van der Waals surface area contributed by atoms with E-state index in [4.69, 9.17) is 4.42 Å². The number of hydrogen-bond donors (Lipinski definition) is 4. The highest BCUT2D eigenvalue weighted by Crippen LogP contribution is 2.29. The Morgan fingerprint density at radius 1 is 1.09 bits per heavy atom. The molecule has 8 nitrogen and oxygen atoms in total. The molecule has 1 aromatic heterocycles. The maximum absolute atomic E-state index is 13.0. The van der Waals surface area contributed by atoms with Crippen LogP contribution in [-0.4, -0.2) is 41.1 Å². The van der Waals surface area contributed by atoms with Gasteiger partial charge >= 0.3 is 5.97 Å². The van der Waals surface area contributed by atoms with Crippen LogP contribution in [-0.2, 0) is 4.79 Å². The summed E-state index contributed by atoms with van der Waals surface area (Å²) in [5.74, 6) is -1.05. The topological polar surface area (TPSA) is 116 Å². The van der Waals surface area contributed by atoms with E-state index in [-0.39, 0.29) is 23.3 Å². The normalized spacial score (nSPS) is 15.1. The molecule has 1 heterocycles. The Kier molecular flexibility index (Phi) is 7.61. The van der Waals surface area contributed by atoms with Gasteiger partial charge in [0.2, 0.25) is 5.91 Å².